The van der Waals surface area contributed by atoms with Gasteiger partial charge in [-0.3, -0.25) is 0 Å². The minimum absolute atomic E-state index is 0.175. The van der Waals surface area contributed by atoms with Crippen LogP contribution in [0.2, 0.25) is 0 Å². The SMILES string of the molecule is Cc1oc(NC(C)(C)C)c2c1c(=O)oc1ccc(Br)cc12. The first-order chi connectivity index (χ1) is 9.76. The number of furan rings is 1. The van der Waals surface area contributed by atoms with Crippen LogP contribution in [0.1, 0.15) is 26.5 Å². The van der Waals surface area contributed by atoms with E-state index in [0.717, 1.165) is 15.2 Å². The molecule has 0 spiro atoms. The second kappa shape index (κ2) is 4.63. The molecule has 0 amide bonds. The van der Waals surface area contributed by atoms with E-state index in [9.17, 15) is 4.79 Å². The topological polar surface area (TPSA) is 55.4 Å². The highest BCUT2D eigenvalue weighted by Gasteiger charge is 2.22. The Kier molecular flexibility index (Phi) is 3.13. The van der Waals surface area contributed by atoms with Gasteiger partial charge in [-0.1, -0.05) is 15.9 Å². The normalized spacial score (nSPS) is 12.2. The zero-order valence-corrected chi connectivity index (χ0v) is 13.9. The van der Waals surface area contributed by atoms with Gasteiger partial charge in [0.15, 0.2) is 0 Å². The lowest BCUT2D eigenvalue weighted by molar-refractivity contribution is 0.519. The van der Waals surface area contributed by atoms with Gasteiger partial charge in [-0.2, -0.15) is 0 Å². The summed E-state index contributed by atoms with van der Waals surface area (Å²) in [6.45, 7) is 7.90. The molecule has 110 valence electrons. The Labute approximate surface area is 130 Å². The molecule has 0 fully saturated rings. The van der Waals surface area contributed by atoms with Crippen LogP contribution < -0.4 is 10.9 Å². The highest BCUT2D eigenvalue weighted by molar-refractivity contribution is 9.10. The van der Waals surface area contributed by atoms with E-state index in [4.69, 9.17) is 8.83 Å². The summed E-state index contributed by atoms with van der Waals surface area (Å²) in [6.07, 6.45) is 0. The first-order valence-electron chi connectivity index (χ1n) is 6.70. The van der Waals surface area contributed by atoms with Gasteiger partial charge >= 0.3 is 5.63 Å². The van der Waals surface area contributed by atoms with Gasteiger partial charge in [0, 0.05) is 15.4 Å². The lowest BCUT2D eigenvalue weighted by Crippen LogP contribution is -2.25. The number of hydrogen-bond acceptors (Lipinski definition) is 4. The van der Waals surface area contributed by atoms with Gasteiger partial charge in [0.25, 0.3) is 0 Å². The van der Waals surface area contributed by atoms with Crippen LogP contribution in [0.15, 0.2) is 36.3 Å². The van der Waals surface area contributed by atoms with Crippen molar-refractivity contribution in [1.82, 2.24) is 0 Å². The molecule has 0 saturated heterocycles. The van der Waals surface area contributed by atoms with Crippen molar-refractivity contribution in [3.05, 3.63) is 38.9 Å². The van der Waals surface area contributed by atoms with Crippen LogP contribution in [-0.4, -0.2) is 5.54 Å². The number of aryl methyl sites for hydroxylation is 1. The number of rotatable bonds is 1. The molecule has 2 heterocycles. The summed E-state index contributed by atoms with van der Waals surface area (Å²) < 4.78 is 12.1. The van der Waals surface area contributed by atoms with Crippen LogP contribution in [0.25, 0.3) is 21.7 Å². The van der Waals surface area contributed by atoms with E-state index in [1.54, 1.807) is 13.0 Å². The molecule has 0 saturated carbocycles. The summed E-state index contributed by atoms with van der Waals surface area (Å²) in [6, 6.07) is 5.56. The van der Waals surface area contributed by atoms with E-state index in [0.29, 0.717) is 22.6 Å². The third-order valence-electron chi connectivity index (χ3n) is 3.19. The molecule has 3 aromatic rings. The molecule has 0 aliphatic heterocycles. The molecule has 0 aliphatic carbocycles. The van der Waals surface area contributed by atoms with Gasteiger partial charge in [0.05, 0.1) is 5.39 Å². The molecule has 0 unspecified atom stereocenters. The molecule has 1 N–H and O–H groups in total. The molecule has 5 heteroatoms. The maximum absolute atomic E-state index is 12.2. The molecule has 21 heavy (non-hydrogen) atoms. The predicted molar refractivity (Wildman–Crippen MR) is 88.1 cm³/mol. The zero-order valence-electron chi connectivity index (χ0n) is 12.3. The fourth-order valence-electron chi connectivity index (χ4n) is 2.41. The van der Waals surface area contributed by atoms with Crippen molar-refractivity contribution >= 4 is 43.6 Å². The van der Waals surface area contributed by atoms with Crippen LogP contribution >= 0.6 is 15.9 Å². The van der Waals surface area contributed by atoms with E-state index in [2.05, 4.69) is 21.2 Å². The van der Waals surface area contributed by atoms with E-state index in [1.807, 2.05) is 32.9 Å². The van der Waals surface area contributed by atoms with Crippen molar-refractivity contribution in [2.45, 2.75) is 33.2 Å². The number of fused-ring (bicyclic) bond motifs is 3. The maximum Gasteiger partial charge on any atom is 0.347 e. The summed E-state index contributed by atoms with van der Waals surface area (Å²) in [7, 11) is 0. The molecule has 4 nitrogen and oxygen atoms in total. The Bertz CT molecular complexity index is 900. The third kappa shape index (κ3) is 2.46. The lowest BCUT2D eigenvalue weighted by Gasteiger charge is -2.20. The van der Waals surface area contributed by atoms with Crippen molar-refractivity contribution in [1.29, 1.82) is 0 Å². The molecule has 2 aromatic heterocycles. The zero-order chi connectivity index (χ0) is 15.4. The molecular formula is C16H16BrNO3. The summed E-state index contributed by atoms with van der Waals surface area (Å²) in [5.41, 5.74) is 0.00230. The second-order valence-electron chi connectivity index (χ2n) is 6.14. The second-order valence-corrected chi connectivity index (χ2v) is 7.06. The third-order valence-corrected chi connectivity index (χ3v) is 3.68. The van der Waals surface area contributed by atoms with E-state index >= 15 is 0 Å². The Hall–Kier alpha value is -1.75. The van der Waals surface area contributed by atoms with E-state index in [-0.39, 0.29) is 11.2 Å². The summed E-state index contributed by atoms with van der Waals surface area (Å²) in [4.78, 5) is 12.2. The smallest absolute Gasteiger partial charge is 0.347 e. The van der Waals surface area contributed by atoms with Crippen LogP contribution in [0, 0.1) is 6.92 Å². The molecule has 0 aliphatic rings. The van der Waals surface area contributed by atoms with Crippen molar-refractivity contribution < 1.29 is 8.83 Å². The van der Waals surface area contributed by atoms with Crippen molar-refractivity contribution in [2.24, 2.45) is 0 Å². The highest BCUT2D eigenvalue weighted by atomic mass is 79.9. The molecule has 0 atom stereocenters. The van der Waals surface area contributed by atoms with Gasteiger partial charge in [-0.05, 0) is 45.9 Å². The number of nitrogens with one attached hydrogen (secondary N) is 1. The Balaban J connectivity index is 2.47. The van der Waals surface area contributed by atoms with Crippen LogP contribution in [0.5, 0.6) is 0 Å². The molecule has 0 radical (unpaired) electrons. The van der Waals surface area contributed by atoms with Gasteiger partial charge < -0.3 is 14.2 Å². The molecule has 0 bridgehead atoms. The quantitative estimate of drug-likeness (QED) is 0.639. The van der Waals surface area contributed by atoms with Crippen molar-refractivity contribution in [3.8, 4) is 0 Å². The summed E-state index contributed by atoms with van der Waals surface area (Å²) in [5, 5.41) is 5.44. The average Bonchev–Trinajstić information content (AvgIpc) is 2.66. The molecule has 3 rings (SSSR count). The first-order valence-corrected chi connectivity index (χ1v) is 7.49. The minimum atomic E-state index is -0.372. The molecule has 1 aromatic carbocycles. The van der Waals surface area contributed by atoms with Crippen LogP contribution in [0.3, 0.4) is 0 Å². The Morgan fingerprint density at radius 2 is 1.86 bits per heavy atom. The number of halogens is 1. The average molecular weight is 350 g/mol. The largest absolute Gasteiger partial charge is 0.444 e. The summed E-state index contributed by atoms with van der Waals surface area (Å²) in [5.74, 6) is 1.17. The predicted octanol–water partition coefficient (Wildman–Crippen LogP) is 4.82. The monoisotopic (exact) mass is 349 g/mol. The standard InChI is InChI=1S/C16H16BrNO3/c1-8-12-13(14(20-8)18-16(2,3)4)10-7-9(17)5-6-11(10)21-15(12)19/h5-7,18H,1-4H3. The van der Waals surface area contributed by atoms with Gasteiger partial charge in [0.2, 0.25) is 5.88 Å². The number of benzene rings is 1. The minimum Gasteiger partial charge on any atom is -0.444 e. The fourth-order valence-corrected chi connectivity index (χ4v) is 2.77. The van der Waals surface area contributed by atoms with Gasteiger partial charge in [-0.15, -0.1) is 0 Å². The van der Waals surface area contributed by atoms with E-state index < -0.39 is 0 Å². The number of anilines is 1. The number of hydrogen-bond donors (Lipinski definition) is 1. The maximum atomic E-state index is 12.2. The van der Waals surface area contributed by atoms with Gasteiger partial charge in [0.1, 0.15) is 16.7 Å². The fraction of sp³-hybridized carbons (Fsp3) is 0.312. The van der Waals surface area contributed by atoms with E-state index in [1.165, 1.54) is 0 Å². The van der Waals surface area contributed by atoms with Crippen LogP contribution in [-0.2, 0) is 0 Å². The molecular weight excluding hydrogens is 334 g/mol. The highest BCUT2D eigenvalue weighted by Crippen LogP contribution is 2.36. The Morgan fingerprint density at radius 3 is 2.52 bits per heavy atom. The van der Waals surface area contributed by atoms with Crippen molar-refractivity contribution in [2.75, 3.05) is 5.32 Å². The van der Waals surface area contributed by atoms with Crippen molar-refractivity contribution in [3.63, 3.8) is 0 Å². The summed E-state index contributed by atoms with van der Waals surface area (Å²) >= 11 is 3.46. The van der Waals surface area contributed by atoms with Crippen LogP contribution in [0.4, 0.5) is 5.88 Å². The lowest BCUT2D eigenvalue weighted by atomic mass is 10.1. The first kappa shape index (κ1) is 14.2. The Morgan fingerprint density at radius 1 is 1.14 bits per heavy atom. The van der Waals surface area contributed by atoms with Gasteiger partial charge in [-0.25, -0.2) is 4.79 Å².